The summed E-state index contributed by atoms with van der Waals surface area (Å²) in [5.74, 6) is -0.697. The minimum atomic E-state index is -4.61. The molecule has 0 fully saturated rings. The highest BCUT2D eigenvalue weighted by Crippen LogP contribution is 2.37. The largest absolute Gasteiger partial charge is 0.416 e. The van der Waals surface area contributed by atoms with Gasteiger partial charge < -0.3 is 5.32 Å². The number of pyridine rings is 1. The molecule has 0 aliphatic carbocycles. The number of non-ortho nitro benzene ring substituents is 1. The molecule has 4 rings (SSSR count). The van der Waals surface area contributed by atoms with Crippen LogP contribution in [0.3, 0.4) is 0 Å². The fraction of sp³-hybridized carbons (Fsp3) is 0.111. The lowest BCUT2D eigenvalue weighted by Crippen LogP contribution is -2.49. The van der Waals surface area contributed by atoms with E-state index in [4.69, 9.17) is 0 Å². The Labute approximate surface area is 204 Å². The zero-order chi connectivity index (χ0) is 25.8. The smallest absolute Gasteiger partial charge is 0.337 e. The molecule has 1 unspecified atom stereocenters. The van der Waals surface area contributed by atoms with E-state index in [2.05, 4.69) is 10.3 Å². The Hall–Kier alpha value is -4.53. The summed E-state index contributed by atoms with van der Waals surface area (Å²) in [5, 5.41) is 14.1. The number of carbonyl (C=O) groups is 1. The van der Waals surface area contributed by atoms with Crippen LogP contribution in [0, 0.1) is 10.1 Å². The van der Waals surface area contributed by atoms with Crippen LogP contribution < -0.4 is 5.32 Å². The third-order valence-corrected chi connectivity index (χ3v) is 5.74. The molecule has 0 aliphatic rings. The highest BCUT2D eigenvalue weighted by Gasteiger charge is 2.40. The average molecular weight is 491 g/mol. The first-order chi connectivity index (χ1) is 17.2. The SMILES string of the molecule is O=C(NC(Cc1ccccc1)(c1cccc(C(F)(F)F)c1)c1ccccn1)c1cccc([N+](=O)[O-])c1. The van der Waals surface area contributed by atoms with Gasteiger partial charge in [-0.15, -0.1) is 0 Å². The molecule has 1 amide bonds. The number of hydrogen-bond acceptors (Lipinski definition) is 4. The van der Waals surface area contributed by atoms with Crippen LogP contribution in [0.2, 0.25) is 0 Å². The molecule has 0 aliphatic heterocycles. The molecule has 4 aromatic rings. The van der Waals surface area contributed by atoms with Crippen molar-refractivity contribution in [1.29, 1.82) is 0 Å². The molecule has 0 radical (unpaired) electrons. The number of nitro groups is 1. The van der Waals surface area contributed by atoms with Crippen molar-refractivity contribution in [3.8, 4) is 0 Å². The topological polar surface area (TPSA) is 85.1 Å². The second-order valence-corrected chi connectivity index (χ2v) is 8.12. The van der Waals surface area contributed by atoms with Crippen molar-refractivity contribution in [3.63, 3.8) is 0 Å². The van der Waals surface area contributed by atoms with Gasteiger partial charge in [0, 0.05) is 30.3 Å². The number of hydrogen-bond donors (Lipinski definition) is 1. The predicted molar refractivity (Wildman–Crippen MR) is 127 cm³/mol. The maximum Gasteiger partial charge on any atom is 0.416 e. The summed E-state index contributed by atoms with van der Waals surface area (Å²) in [4.78, 5) is 28.5. The summed E-state index contributed by atoms with van der Waals surface area (Å²) in [6.45, 7) is 0. The zero-order valence-electron chi connectivity index (χ0n) is 18.8. The zero-order valence-corrected chi connectivity index (χ0v) is 18.8. The van der Waals surface area contributed by atoms with Gasteiger partial charge in [0.1, 0.15) is 5.54 Å². The minimum absolute atomic E-state index is 0.00968. The Kier molecular flexibility index (Phi) is 6.82. The van der Waals surface area contributed by atoms with E-state index in [9.17, 15) is 28.1 Å². The van der Waals surface area contributed by atoms with Crippen LogP contribution in [0.15, 0.2) is 103 Å². The molecule has 1 aromatic heterocycles. The van der Waals surface area contributed by atoms with Gasteiger partial charge in [-0.1, -0.05) is 54.6 Å². The van der Waals surface area contributed by atoms with Gasteiger partial charge >= 0.3 is 6.18 Å². The summed E-state index contributed by atoms with van der Waals surface area (Å²) in [6.07, 6.45) is -3.04. The molecule has 36 heavy (non-hydrogen) atoms. The van der Waals surface area contributed by atoms with Gasteiger partial charge in [-0.05, 0) is 41.5 Å². The number of nitrogens with zero attached hydrogens (tertiary/aromatic N) is 2. The Balaban J connectivity index is 1.92. The van der Waals surface area contributed by atoms with Gasteiger partial charge in [-0.2, -0.15) is 13.2 Å². The minimum Gasteiger partial charge on any atom is -0.337 e. The number of amides is 1. The molecule has 182 valence electrons. The van der Waals surface area contributed by atoms with Gasteiger partial charge in [-0.25, -0.2) is 0 Å². The molecule has 6 nitrogen and oxygen atoms in total. The van der Waals surface area contributed by atoms with E-state index in [0.29, 0.717) is 5.69 Å². The van der Waals surface area contributed by atoms with Crippen LogP contribution in [0.25, 0.3) is 0 Å². The Morgan fingerprint density at radius 3 is 2.22 bits per heavy atom. The van der Waals surface area contributed by atoms with Gasteiger partial charge in [0.2, 0.25) is 0 Å². The van der Waals surface area contributed by atoms with Crippen LogP contribution in [-0.2, 0) is 18.1 Å². The summed E-state index contributed by atoms with van der Waals surface area (Å²) in [7, 11) is 0. The fourth-order valence-electron chi connectivity index (χ4n) is 4.03. The monoisotopic (exact) mass is 491 g/mol. The summed E-state index contributed by atoms with van der Waals surface area (Å²) >= 11 is 0. The molecule has 1 heterocycles. The van der Waals surface area contributed by atoms with Crippen molar-refractivity contribution < 1.29 is 22.9 Å². The number of aromatic nitrogens is 1. The fourth-order valence-corrected chi connectivity index (χ4v) is 4.03. The summed E-state index contributed by atoms with van der Waals surface area (Å²) in [5.41, 5.74) is -1.48. The second kappa shape index (κ2) is 9.99. The molecule has 1 N–H and O–H groups in total. The van der Waals surface area contributed by atoms with E-state index in [-0.39, 0.29) is 23.2 Å². The maximum absolute atomic E-state index is 13.7. The molecular formula is C27H20F3N3O3. The number of carbonyl (C=O) groups excluding carboxylic acids is 1. The van der Waals surface area contributed by atoms with Crippen molar-refractivity contribution in [2.45, 2.75) is 18.1 Å². The first-order valence-corrected chi connectivity index (χ1v) is 10.9. The molecule has 3 aromatic carbocycles. The molecular weight excluding hydrogens is 471 g/mol. The van der Waals surface area contributed by atoms with Gasteiger partial charge in [0.05, 0.1) is 16.2 Å². The van der Waals surface area contributed by atoms with E-state index in [1.165, 1.54) is 36.5 Å². The van der Waals surface area contributed by atoms with Crippen LogP contribution in [0.4, 0.5) is 18.9 Å². The maximum atomic E-state index is 13.7. The molecule has 0 bridgehead atoms. The van der Waals surface area contributed by atoms with E-state index >= 15 is 0 Å². The first kappa shape index (κ1) is 24.6. The lowest BCUT2D eigenvalue weighted by Gasteiger charge is -2.36. The lowest BCUT2D eigenvalue weighted by molar-refractivity contribution is -0.384. The third-order valence-electron chi connectivity index (χ3n) is 5.74. The van der Waals surface area contributed by atoms with Crippen molar-refractivity contribution in [3.05, 3.63) is 141 Å². The number of alkyl halides is 3. The van der Waals surface area contributed by atoms with E-state index in [1.807, 2.05) is 0 Å². The van der Waals surface area contributed by atoms with Crippen LogP contribution in [0.1, 0.15) is 32.7 Å². The van der Waals surface area contributed by atoms with E-state index in [0.717, 1.165) is 23.8 Å². The number of nitro benzene ring substituents is 1. The molecule has 0 saturated carbocycles. The average Bonchev–Trinajstić information content (AvgIpc) is 2.89. The van der Waals surface area contributed by atoms with Crippen molar-refractivity contribution in [2.24, 2.45) is 0 Å². The van der Waals surface area contributed by atoms with Crippen molar-refractivity contribution in [1.82, 2.24) is 10.3 Å². The summed E-state index contributed by atoms with van der Waals surface area (Å²) in [6, 6.07) is 23.8. The van der Waals surface area contributed by atoms with E-state index < -0.39 is 28.1 Å². The standard InChI is InChI=1S/C27H20F3N3O3/c28-27(29,30)22-12-7-11-21(17-22)26(24-14-4-5-15-31-24,18-19-8-2-1-3-9-19)32-25(34)20-10-6-13-23(16-20)33(35)36/h1-17H,18H2,(H,32,34). The van der Waals surface area contributed by atoms with Crippen LogP contribution in [0.5, 0.6) is 0 Å². The summed E-state index contributed by atoms with van der Waals surface area (Å²) < 4.78 is 41.0. The van der Waals surface area contributed by atoms with Crippen molar-refractivity contribution in [2.75, 3.05) is 0 Å². The Bertz CT molecular complexity index is 1380. The molecule has 9 heteroatoms. The number of nitrogens with one attached hydrogen (secondary N) is 1. The molecule has 0 spiro atoms. The van der Waals surface area contributed by atoms with Gasteiger partial charge in [-0.3, -0.25) is 19.9 Å². The normalized spacial score (nSPS) is 13.0. The first-order valence-electron chi connectivity index (χ1n) is 10.9. The second-order valence-electron chi connectivity index (χ2n) is 8.12. The Morgan fingerprint density at radius 2 is 1.56 bits per heavy atom. The van der Waals surface area contributed by atoms with Crippen LogP contribution >= 0.6 is 0 Å². The molecule has 0 saturated heterocycles. The number of rotatable bonds is 7. The third kappa shape index (κ3) is 5.25. The van der Waals surface area contributed by atoms with Crippen LogP contribution in [-0.4, -0.2) is 15.8 Å². The van der Waals surface area contributed by atoms with Gasteiger partial charge in [0.15, 0.2) is 0 Å². The number of halogens is 3. The predicted octanol–water partition coefficient (Wildman–Crippen LogP) is 5.92. The van der Waals surface area contributed by atoms with E-state index in [1.54, 1.807) is 48.5 Å². The highest BCUT2D eigenvalue weighted by molar-refractivity contribution is 5.95. The number of benzene rings is 3. The van der Waals surface area contributed by atoms with Crippen molar-refractivity contribution >= 4 is 11.6 Å². The quantitative estimate of drug-likeness (QED) is 0.257. The Morgan fingerprint density at radius 1 is 0.861 bits per heavy atom. The highest BCUT2D eigenvalue weighted by atomic mass is 19.4. The lowest BCUT2D eigenvalue weighted by atomic mass is 9.79. The van der Waals surface area contributed by atoms with Gasteiger partial charge in [0.25, 0.3) is 11.6 Å². The molecule has 1 atom stereocenters.